The van der Waals surface area contributed by atoms with Crippen LogP contribution in [0.4, 0.5) is 8.78 Å². The zero-order valence-electron chi connectivity index (χ0n) is 7.99. The third-order valence-electron chi connectivity index (χ3n) is 1.81. The summed E-state index contributed by atoms with van der Waals surface area (Å²) in [5.74, 6) is -1.56. The molecule has 3 nitrogen and oxygen atoms in total. The van der Waals surface area contributed by atoms with Crippen LogP contribution in [0.1, 0.15) is 6.42 Å². The van der Waals surface area contributed by atoms with E-state index in [0.717, 1.165) is 12.1 Å². The Bertz CT molecular complexity index is 322. The van der Waals surface area contributed by atoms with E-state index in [4.69, 9.17) is 9.76 Å². The molecule has 0 unspecified atom stereocenters. The van der Waals surface area contributed by atoms with Crippen molar-refractivity contribution < 1.29 is 23.6 Å². The molecule has 2 N–H and O–H groups in total. The lowest BCUT2D eigenvalue weighted by Crippen LogP contribution is -2.36. The summed E-state index contributed by atoms with van der Waals surface area (Å²) in [5, 5.41) is 17.8. The van der Waals surface area contributed by atoms with Crippen molar-refractivity contribution in [1.29, 1.82) is 0 Å². The smallest absolute Gasteiger partial charge is 0.423 e. The highest BCUT2D eigenvalue weighted by Gasteiger charge is 2.20. The molecule has 0 bridgehead atoms. The van der Waals surface area contributed by atoms with Crippen molar-refractivity contribution in [2.75, 3.05) is 13.2 Å². The molecule has 15 heavy (non-hydrogen) atoms. The second kappa shape index (κ2) is 5.80. The van der Waals surface area contributed by atoms with Crippen LogP contribution >= 0.6 is 0 Å². The molecule has 0 radical (unpaired) electrons. The summed E-state index contributed by atoms with van der Waals surface area (Å²) >= 11 is 0. The minimum absolute atomic E-state index is 0.0708. The van der Waals surface area contributed by atoms with Gasteiger partial charge in [-0.05, 0) is 12.5 Å². The van der Waals surface area contributed by atoms with Crippen molar-refractivity contribution in [3.05, 3.63) is 29.8 Å². The molecule has 1 aromatic carbocycles. The first-order valence-corrected chi connectivity index (χ1v) is 4.50. The van der Waals surface area contributed by atoms with Crippen LogP contribution in [0.2, 0.25) is 0 Å². The van der Waals surface area contributed by atoms with Crippen molar-refractivity contribution in [2.24, 2.45) is 0 Å². The molecular formula is C9H11BF2O3. The fourth-order valence-corrected chi connectivity index (χ4v) is 1.05. The molecule has 6 heteroatoms. The van der Waals surface area contributed by atoms with Gasteiger partial charge in [0.1, 0.15) is 11.6 Å². The highest BCUT2D eigenvalue weighted by atomic mass is 19.1. The molecule has 0 aromatic heterocycles. The molecule has 1 rings (SSSR count). The van der Waals surface area contributed by atoms with Gasteiger partial charge in [-0.1, -0.05) is 6.07 Å². The normalized spacial score (nSPS) is 10.4. The minimum atomic E-state index is -1.43. The fraction of sp³-hybridized carbons (Fsp3) is 0.333. The minimum Gasteiger partial charge on any atom is -0.423 e. The quantitative estimate of drug-likeness (QED) is 0.540. The lowest BCUT2D eigenvalue weighted by molar-refractivity contribution is 0.215. The van der Waals surface area contributed by atoms with E-state index >= 15 is 0 Å². The van der Waals surface area contributed by atoms with Gasteiger partial charge in [-0.2, -0.15) is 0 Å². The molecule has 0 fully saturated rings. The number of benzene rings is 1. The Kier molecular flexibility index (Phi) is 4.67. The largest absolute Gasteiger partial charge is 0.494 e. The third-order valence-corrected chi connectivity index (χ3v) is 1.81. The summed E-state index contributed by atoms with van der Waals surface area (Å²) in [6, 6.07) is 2.83. The number of halogens is 2. The first-order valence-electron chi connectivity index (χ1n) is 4.50. The zero-order chi connectivity index (χ0) is 11.3. The van der Waals surface area contributed by atoms with Crippen LogP contribution in [0, 0.1) is 11.6 Å². The van der Waals surface area contributed by atoms with Crippen LogP contribution in [0.5, 0.6) is 0 Å². The van der Waals surface area contributed by atoms with Gasteiger partial charge in [-0.3, -0.25) is 0 Å². The van der Waals surface area contributed by atoms with Crippen LogP contribution < -0.4 is 5.46 Å². The Morgan fingerprint density at radius 2 is 2.07 bits per heavy atom. The SMILES string of the molecule is OCCCOB(O)c1ccc(F)cc1F. The maximum atomic E-state index is 13.1. The fourth-order valence-electron chi connectivity index (χ4n) is 1.05. The van der Waals surface area contributed by atoms with Crippen LogP contribution in [-0.2, 0) is 4.65 Å². The first-order chi connectivity index (χ1) is 7.15. The molecule has 1 aromatic rings. The van der Waals surface area contributed by atoms with E-state index in [1.807, 2.05) is 0 Å². The average Bonchev–Trinajstić information content (AvgIpc) is 2.17. The van der Waals surface area contributed by atoms with E-state index in [0.29, 0.717) is 12.5 Å². The Hall–Kier alpha value is -0.975. The van der Waals surface area contributed by atoms with Crippen LogP contribution in [0.3, 0.4) is 0 Å². The number of hydrogen-bond acceptors (Lipinski definition) is 3. The van der Waals surface area contributed by atoms with Crippen molar-refractivity contribution in [3.63, 3.8) is 0 Å². The number of rotatable bonds is 5. The summed E-state index contributed by atoms with van der Waals surface area (Å²) in [6.45, 7) is 0.0348. The molecule has 0 aliphatic heterocycles. The lowest BCUT2D eigenvalue weighted by atomic mass is 9.79. The van der Waals surface area contributed by atoms with Crippen LogP contribution in [0.25, 0.3) is 0 Å². The Labute approximate surface area is 86.5 Å². The molecule has 0 aliphatic carbocycles. The van der Waals surface area contributed by atoms with Gasteiger partial charge in [0.25, 0.3) is 0 Å². The van der Waals surface area contributed by atoms with Gasteiger partial charge in [-0.25, -0.2) is 8.78 Å². The van der Waals surface area contributed by atoms with Crippen molar-refractivity contribution in [3.8, 4) is 0 Å². The average molecular weight is 216 g/mol. The Morgan fingerprint density at radius 1 is 1.33 bits per heavy atom. The summed E-state index contributed by atoms with van der Waals surface area (Å²) < 4.78 is 30.4. The molecular weight excluding hydrogens is 205 g/mol. The van der Waals surface area contributed by atoms with Gasteiger partial charge in [0.05, 0.1) is 0 Å². The molecule has 0 atom stereocenters. The topological polar surface area (TPSA) is 49.7 Å². The van der Waals surface area contributed by atoms with E-state index < -0.39 is 18.8 Å². The Balaban J connectivity index is 2.61. The van der Waals surface area contributed by atoms with Gasteiger partial charge in [-0.15, -0.1) is 0 Å². The van der Waals surface area contributed by atoms with Gasteiger partial charge >= 0.3 is 7.12 Å². The summed E-state index contributed by atoms with van der Waals surface area (Å²) in [4.78, 5) is 0. The maximum absolute atomic E-state index is 13.1. The molecule has 82 valence electrons. The van der Waals surface area contributed by atoms with E-state index in [-0.39, 0.29) is 18.7 Å². The maximum Gasteiger partial charge on any atom is 0.494 e. The van der Waals surface area contributed by atoms with Gasteiger partial charge in [0, 0.05) is 24.7 Å². The second-order valence-corrected chi connectivity index (χ2v) is 2.97. The summed E-state index contributed by atoms with van der Waals surface area (Å²) in [6.07, 6.45) is 0.347. The predicted molar refractivity (Wildman–Crippen MR) is 51.6 cm³/mol. The first kappa shape index (κ1) is 12.1. The van der Waals surface area contributed by atoms with Gasteiger partial charge in [0.15, 0.2) is 0 Å². The van der Waals surface area contributed by atoms with Crippen LogP contribution in [-0.4, -0.2) is 30.5 Å². The van der Waals surface area contributed by atoms with Crippen molar-refractivity contribution >= 4 is 12.6 Å². The molecule has 0 saturated carbocycles. The van der Waals surface area contributed by atoms with E-state index in [2.05, 4.69) is 0 Å². The number of aliphatic hydroxyl groups excluding tert-OH is 1. The highest BCUT2D eigenvalue weighted by molar-refractivity contribution is 6.60. The van der Waals surface area contributed by atoms with Crippen molar-refractivity contribution in [1.82, 2.24) is 0 Å². The third kappa shape index (κ3) is 3.58. The molecule has 0 amide bonds. The van der Waals surface area contributed by atoms with Crippen molar-refractivity contribution in [2.45, 2.75) is 6.42 Å². The van der Waals surface area contributed by atoms with E-state index in [1.54, 1.807) is 0 Å². The number of hydrogen-bond donors (Lipinski definition) is 2. The summed E-state index contributed by atoms with van der Waals surface area (Å²) in [7, 11) is -1.43. The standard InChI is InChI=1S/C9H11BF2O3/c11-7-2-3-8(9(12)6-7)10(14)15-5-1-4-13/h2-3,6,13-14H,1,4-5H2. The molecule has 0 saturated heterocycles. The lowest BCUT2D eigenvalue weighted by Gasteiger charge is -2.08. The monoisotopic (exact) mass is 216 g/mol. The highest BCUT2D eigenvalue weighted by Crippen LogP contribution is 2.01. The molecule has 0 spiro atoms. The van der Waals surface area contributed by atoms with Crippen LogP contribution in [0.15, 0.2) is 18.2 Å². The second-order valence-electron chi connectivity index (χ2n) is 2.97. The molecule has 0 aliphatic rings. The predicted octanol–water partition coefficient (Wildman–Crippen LogP) is 0.0513. The number of aliphatic hydroxyl groups is 1. The van der Waals surface area contributed by atoms with E-state index in [1.165, 1.54) is 0 Å². The van der Waals surface area contributed by atoms with E-state index in [9.17, 15) is 13.8 Å². The molecule has 0 heterocycles. The zero-order valence-corrected chi connectivity index (χ0v) is 7.99. The Morgan fingerprint density at radius 3 is 2.67 bits per heavy atom. The summed E-state index contributed by atoms with van der Waals surface area (Å²) in [5.41, 5.74) is -0.116. The van der Waals surface area contributed by atoms with Gasteiger partial charge < -0.3 is 14.8 Å². The van der Waals surface area contributed by atoms with Gasteiger partial charge in [0.2, 0.25) is 0 Å².